The van der Waals surface area contributed by atoms with E-state index in [4.69, 9.17) is 32.7 Å². The van der Waals surface area contributed by atoms with Crippen molar-refractivity contribution in [3.63, 3.8) is 0 Å². The van der Waals surface area contributed by atoms with E-state index in [1.807, 2.05) is 0 Å². The Kier molecular flexibility index (Phi) is 6.82. The molecule has 2 aromatic rings. The van der Waals surface area contributed by atoms with Crippen molar-refractivity contribution >= 4 is 40.8 Å². The van der Waals surface area contributed by atoms with Gasteiger partial charge in [0.2, 0.25) is 0 Å². The Morgan fingerprint density at radius 2 is 1.80 bits per heavy atom. The van der Waals surface area contributed by atoms with Gasteiger partial charge in [-0.2, -0.15) is 0 Å². The van der Waals surface area contributed by atoms with E-state index >= 15 is 0 Å². The molecule has 1 N–H and O–H groups in total. The van der Waals surface area contributed by atoms with Crippen molar-refractivity contribution in [1.82, 2.24) is 0 Å². The van der Waals surface area contributed by atoms with Gasteiger partial charge in [-0.05, 0) is 36.8 Å². The first-order valence-electron chi connectivity index (χ1n) is 7.46. The van der Waals surface area contributed by atoms with Crippen molar-refractivity contribution in [3.05, 3.63) is 63.6 Å². The summed E-state index contributed by atoms with van der Waals surface area (Å²) in [6.07, 6.45) is -0.999. The van der Waals surface area contributed by atoms with Crippen molar-refractivity contribution in [2.75, 3.05) is 12.4 Å². The fraction of sp³-hybridized carbons (Fsp3) is 0.222. The number of hydrogen-bond donors (Lipinski definition) is 1. The lowest BCUT2D eigenvalue weighted by Crippen LogP contribution is -2.30. The van der Waals surface area contributed by atoms with Gasteiger partial charge in [-0.1, -0.05) is 41.4 Å². The van der Waals surface area contributed by atoms with Crippen LogP contribution < -0.4 is 5.32 Å². The van der Waals surface area contributed by atoms with Gasteiger partial charge in [-0.25, -0.2) is 4.79 Å². The summed E-state index contributed by atoms with van der Waals surface area (Å²) in [7, 11) is 1.59. The molecule has 0 heterocycles. The highest BCUT2D eigenvalue weighted by Crippen LogP contribution is 2.29. The number of ether oxygens (including phenoxy) is 2. The number of hydrogen-bond acceptors (Lipinski definition) is 4. The summed E-state index contributed by atoms with van der Waals surface area (Å²) >= 11 is 11.9. The highest BCUT2D eigenvalue weighted by molar-refractivity contribution is 6.44. The molecule has 0 spiro atoms. The summed E-state index contributed by atoms with van der Waals surface area (Å²) in [5, 5.41) is 3.13. The van der Waals surface area contributed by atoms with E-state index in [2.05, 4.69) is 5.32 Å². The zero-order chi connectivity index (χ0) is 18.4. The topological polar surface area (TPSA) is 64.6 Å². The van der Waals surface area contributed by atoms with Gasteiger partial charge in [0.05, 0.1) is 27.9 Å². The van der Waals surface area contributed by atoms with Crippen LogP contribution in [0.5, 0.6) is 0 Å². The predicted molar refractivity (Wildman–Crippen MR) is 97.1 cm³/mol. The number of methoxy groups -OCH3 is 1. The van der Waals surface area contributed by atoms with E-state index in [-0.39, 0.29) is 5.02 Å². The van der Waals surface area contributed by atoms with Crippen molar-refractivity contribution in [3.8, 4) is 0 Å². The van der Waals surface area contributed by atoms with Gasteiger partial charge in [-0.15, -0.1) is 0 Å². The van der Waals surface area contributed by atoms with Gasteiger partial charge in [-0.3, -0.25) is 4.79 Å². The van der Waals surface area contributed by atoms with Crippen LogP contribution in [0.15, 0.2) is 42.5 Å². The molecule has 0 bridgehead atoms. The third-order valence-corrected chi connectivity index (χ3v) is 4.18. The van der Waals surface area contributed by atoms with Crippen molar-refractivity contribution in [1.29, 1.82) is 0 Å². The summed E-state index contributed by atoms with van der Waals surface area (Å²) < 4.78 is 10.2. The number of amides is 1. The molecule has 0 aliphatic carbocycles. The largest absolute Gasteiger partial charge is 0.449 e. The number of esters is 1. The van der Waals surface area contributed by atoms with Gasteiger partial charge < -0.3 is 14.8 Å². The van der Waals surface area contributed by atoms with E-state index in [1.54, 1.807) is 49.6 Å². The van der Waals surface area contributed by atoms with E-state index in [9.17, 15) is 9.59 Å². The van der Waals surface area contributed by atoms with Crippen molar-refractivity contribution in [2.45, 2.75) is 19.6 Å². The first-order valence-corrected chi connectivity index (χ1v) is 8.21. The van der Waals surface area contributed by atoms with E-state index in [0.29, 0.717) is 22.9 Å². The smallest absolute Gasteiger partial charge is 0.338 e. The summed E-state index contributed by atoms with van der Waals surface area (Å²) in [6.45, 7) is 1.93. The number of carbonyl (C=O) groups excluding carboxylic acids is 2. The van der Waals surface area contributed by atoms with Crippen LogP contribution in [0.25, 0.3) is 0 Å². The van der Waals surface area contributed by atoms with E-state index in [0.717, 1.165) is 5.56 Å². The predicted octanol–water partition coefficient (Wildman–Crippen LogP) is 4.32. The van der Waals surface area contributed by atoms with E-state index < -0.39 is 18.0 Å². The van der Waals surface area contributed by atoms with Gasteiger partial charge in [0.15, 0.2) is 6.10 Å². The Balaban J connectivity index is 1.98. The average Bonchev–Trinajstić information content (AvgIpc) is 2.59. The van der Waals surface area contributed by atoms with Gasteiger partial charge in [0.1, 0.15) is 0 Å². The molecule has 0 unspecified atom stereocenters. The molecule has 5 nitrogen and oxygen atoms in total. The molecule has 2 rings (SSSR count). The summed E-state index contributed by atoms with van der Waals surface area (Å²) in [6, 6.07) is 11.6. The lowest BCUT2D eigenvalue weighted by atomic mass is 10.1. The third kappa shape index (κ3) is 5.19. The number of rotatable bonds is 6. The first-order chi connectivity index (χ1) is 11.9. The van der Waals surface area contributed by atoms with E-state index in [1.165, 1.54) is 6.92 Å². The van der Waals surface area contributed by atoms with Gasteiger partial charge in [0.25, 0.3) is 5.91 Å². The first kappa shape index (κ1) is 19.2. The van der Waals surface area contributed by atoms with Crippen LogP contribution in [0.4, 0.5) is 5.69 Å². The lowest BCUT2D eigenvalue weighted by Gasteiger charge is -2.14. The molecule has 0 fully saturated rings. The Bertz CT molecular complexity index is 762. The Morgan fingerprint density at radius 1 is 1.12 bits per heavy atom. The average molecular weight is 382 g/mol. The number of halogens is 2. The molecule has 0 aromatic heterocycles. The molecule has 2 aromatic carbocycles. The fourth-order valence-corrected chi connectivity index (χ4v) is 2.37. The molecular weight excluding hydrogens is 365 g/mol. The molecule has 0 aliphatic rings. The summed E-state index contributed by atoms with van der Waals surface area (Å²) in [5.41, 5.74) is 1.63. The van der Waals surface area contributed by atoms with Crippen molar-refractivity contribution in [2.24, 2.45) is 0 Å². The van der Waals surface area contributed by atoms with Gasteiger partial charge >= 0.3 is 5.97 Å². The number of benzene rings is 2. The zero-order valence-corrected chi connectivity index (χ0v) is 15.2. The second kappa shape index (κ2) is 8.85. The lowest BCUT2D eigenvalue weighted by molar-refractivity contribution is -0.123. The minimum Gasteiger partial charge on any atom is -0.449 e. The van der Waals surface area contributed by atoms with Crippen LogP contribution in [0.2, 0.25) is 10.0 Å². The Morgan fingerprint density at radius 3 is 2.44 bits per heavy atom. The maximum absolute atomic E-state index is 12.2. The Labute approximate surface area is 155 Å². The zero-order valence-electron chi connectivity index (χ0n) is 13.7. The third-order valence-electron chi connectivity index (χ3n) is 3.36. The highest BCUT2D eigenvalue weighted by Gasteiger charge is 2.20. The monoisotopic (exact) mass is 381 g/mol. The summed E-state index contributed by atoms with van der Waals surface area (Å²) in [4.78, 5) is 24.3. The molecule has 7 heteroatoms. The molecule has 0 saturated heterocycles. The molecule has 25 heavy (non-hydrogen) atoms. The molecule has 1 amide bonds. The number of carbonyl (C=O) groups is 2. The Hall–Kier alpha value is -2.08. The molecule has 0 radical (unpaired) electrons. The molecule has 0 saturated carbocycles. The normalized spacial score (nSPS) is 11.7. The maximum atomic E-state index is 12.2. The second-order valence-electron chi connectivity index (χ2n) is 5.27. The molecular formula is C18H17Cl2NO4. The number of anilines is 1. The molecule has 1 atom stereocenters. The molecule has 0 aliphatic heterocycles. The molecule has 132 valence electrons. The summed E-state index contributed by atoms with van der Waals surface area (Å²) in [5.74, 6) is -1.10. The van der Waals surface area contributed by atoms with Crippen molar-refractivity contribution < 1.29 is 19.1 Å². The van der Waals surface area contributed by atoms with Crippen LogP contribution in [-0.2, 0) is 20.9 Å². The van der Waals surface area contributed by atoms with Crippen LogP contribution in [-0.4, -0.2) is 25.1 Å². The van der Waals surface area contributed by atoms with Crippen LogP contribution in [0, 0.1) is 0 Å². The second-order valence-corrected chi connectivity index (χ2v) is 6.05. The van der Waals surface area contributed by atoms with Crippen LogP contribution in [0.3, 0.4) is 0 Å². The quantitative estimate of drug-likeness (QED) is 0.756. The standard InChI is InChI=1S/C18H17Cl2NO4/c1-11(17(22)21-15-5-3-4-14(19)16(15)20)25-18(23)13-8-6-12(7-9-13)10-24-2/h3-9,11H,10H2,1-2H3,(H,21,22)/t11-/m0/s1. The SMILES string of the molecule is COCc1ccc(C(=O)O[C@@H](C)C(=O)Nc2cccc(Cl)c2Cl)cc1. The fourth-order valence-electron chi connectivity index (χ4n) is 2.02. The van der Waals surface area contributed by atoms with Crippen LogP contribution in [0.1, 0.15) is 22.8 Å². The van der Waals surface area contributed by atoms with Gasteiger partial charge in [0, 0.05) is 7.11 Å². The minimum absolute atomic E-state index is 0.227. The van der Waals surface area contributed by atoms with Crippen LogP contribution >= 0.6 is 23.2 Å². The highest BCUT2D eigenvalue weighted by atomic mass is 35.5. The minimum atomic E-state index is -0.999. The maximum Gasteiger partial charge on any atom is 0.338 e. The number of nitrogens with one attached hydrogen (secondary N) is 1.